The van der Waals surface area contributed by atoms with Crippen molar-refractivity contribution in [3.63, 3.8) is 0 Å². The maximum atomic E-state index is 13.9. The molecule has 3 rings (SSSR count). The van der Waals surface area contributed by atoms with Crippen LogP contribution in [-0.2, 0) is 17.1 Å². The Bertz CT molecular complexity index is 967. The van der Waals surface area contributed by atoms with Crippen LogP contribution in [0, 0.1) is 5.82 Å². The van der Waals surface area contributed by atoms with Gasteiger partial charge in [0.2, 0.25) is 10.0 Å². The number of aryl methyl sites for hydroxylation is 1. The number of rotatable bonds is 7. The molecule has 3 heterocycles. The van der Waals surface area contributed by atoms with Crippen molar-refractivity contribution >= 4 is 45.8 Å². The minimum absolute atomic E-state index is 0. The number of anilines is 1. The average Bonchev–Trinajstić information content (AvgIpc) is 3.34. The zero-order valence-corrected chi connectivity index (χ0v) is 20.0. The van der Waals surface area contributed by atoms with Gasteiger partial charge in [-0.05, 0) is 24.6 Å². The maximum absolute atomic E-state index is 13.9. The number of halogens is 2. The van der Waals surface area contributed by atoms with E-state index in [1.54, 1.807) is 49.4 Å². The number of hydrogen-bond donors (Lipinski definition) is 3. The average molecular weight is 551 g/mol. The van der Waals surface area contributed by atoms with Gasteiger partial charge in [-0.2, -0.15) is 0 Å². The van der Waals surface area contributed by atoms with Gasteiger partial charge >= 0.3 is 0 Å². The Hall–Kier alpha value is -1.93. The molecule has 30 heavy (non-hydrogen) atoms. The van der Waals surface area contributed by atoms with Crippen LogP contribution in [0.2, 0.25) is 0 Å². The number of nitrogens with zero attached hydrogens (tertiary/aromatic N) is 4. The van der Waals surface area contributed by atoms with Crippen molar-refractivity contribution in [1.29, 1.82) is 0 Å². The van der Waals surface area contributed by atoms with Gasteiger partial charge in [-0.1, -0.05) is 0 Å². The predicted molar refractivity (Wildman–Crippen MR) is 125 cm³/mol. The van der Waals surface area contributed by atoms with Crippen LogP contribution in [0.25, 0.3) is 0 Å². The van der Waals surface area contributed by atoms with Gasteiger partial charge in [0.05, 0.1) is 4.90 Å². The second-order valence-corrected chi connectivity index (χ2v) is 8.56. The standard InChI is InChI=1S/C18H26FN7O2S.HI/c1-20-18(22-8-9-23-29(27,28)15-6-10-25(2)13-15)24-14-5-11-26(12-14)17-16(19)4-3-7-21-17;/h3-4,6-7,10,13-14,23H,5,8-9,11-12H2,1-2H3,(H2,20,22,24);1H. The lowest BCUT2D eigenvalue weighted by atomic mass is 10.3. The molecule has 2 aromatic heterocycles. The van der Waals surface area contributed by atoms with Crippen LogP contribution >= 0.6 is 24.0 Å². The molecule has 0 aromatic carbocycles. The van der Waals surface area contributed by atoms with Crippen LogP contribution in [0.5, 0.6) is 0 Å². The van der Waals surface area contributed by atoms with E-state index in [9.17, 15) is 12.8 Å². The molecular weight excluding hydrogens is 524 g/mol. The molecule has 9 nitrogen and oxygen atoms in total. The third kappa shape index (κ3) is 6.28. The highest BCUT2D eigenvalue weighted by Gasteiger charge is 2.26. The van der Waals surface area contributed by atoms with Crippen LogP contribution in [0.3, 0.4) is 0 Å². The SMILES string of the molecule is CN=C(NCCNS(=O)(=O)c1ccn(C)c1)NC1CCN(c2ncccc2F)C1.I. The van der Waals surface area contributed by atoms with Gasteiger partial charge in [0.25, 0.3) is 0 Å². The third-order valence-electron chi connectivity index (χ3n) is 4.62. The molecule has 0 saturated carbocycles. The molecule has 1 fully saturated rings. The lowest BCUT2D eigenvalue weighted by molar-refractivity contribution is 0.579. The van der Waals surface area contributed by atoms with Gasteiger partial charge in [-0.25, -0.2) is 22.5 Å². The van der Waals surface area contributed by atoms with Crippen LogP contribution in [0.1, 0.15) is 6.42 Å². The molecule has 3 N–H and O–H groups in total. The number of hydrogen-bond acceptors (Lipinski definition) is 5. The highest BCUT2D eigenvalue weighted by molar-refractivity contribution is 14.0. The maximum Gasteiger partial charge on any atom is 0.242 e. The first-order valence-corrected chi connectivity index (χ1v) is 10.8. The Morgan fingerprint density at radius 1 is 1.37 bits per heavy atom. The third-order valence-corrected chi connectivity index (χ3v) is 6.06. The van der Waals surface area contributed by atoms with Crippen molar-refractivity contribution in [2.24, 2.45) is 12.0 Å². The first kappa shape index (κ1) is 24.3. The molecule has 12 heteroatoms. The van der Waals surface area contributed by atoms with Gasteiger partial charge in [0.1, 0.15) is 0 Å². The Kier molecular flexibility index (Phi) is 8.85. The summed E-state index contributed by atoms with van der Waals surface area (Å²) in [6, 6.07) is 4.61. The summed E-state index contributed by atoms with van der Waals surface area (Å²) in [6.07, 6.45) is 5.63. The van der Waals surface area contributed by atoms with Gasteiger partial charge in [0.15, 0.2) is 17.6 Å². The summed E-state index contributed by atoms with van der Waals surface area (Å²) >= 11 is 0. The van der Waals surface area contributed by atoms with Gasteiger partial charge < -0.3 is 20.1 Å². The summed E-state index contributed by atoms with van der Waals surface area (Å²) < 4.78 is 42.5. The molecule has 1 atom stereocenters. The van der Waals surface area contributed by atoms with Gasteiger partial charge in [-0.15, -0.1) is 24.0 Å². The molecule has 166 valence electrons. The molecular formula is C18H27FIN7O2S. The highest BCUT2D eigenvalue weighted by Crippen LogP contribution is 2.20. The van der Waals surface area contributed by atoms with Crippen molar-refractivity contribution in [3.05, 3.63) is 42.6 Å². The minimum Gasteiger partial charge on any atom is -0.356 e. The summed E-state index contributed by atoms with van der Waals surface area (Å²) in [5.41, 5.74) is 0. The van der Waals surface area contributed by atoms with E-state index in [1.807, 2.05) is 4.90 Å². The van der Waals surface area contributed by atoms with E-state index in [-0.39, 0.29) is 47.3 Å². The monoisotopic (exact) mass is 551 g/mol. The summed E-state index contributed by atoms with van der Waals surface area (Å²) in [7, 11) is -0.115. The number of aliphatic imine (C=N–C) groups is 1. The van der Waals surface area contributed by atoms with E-state index in [1.165, 1.54) is 6.07 Å². The fourth-order valence-electron chi connectivity index (χ4n) is 3.15. The van der Waals surface area contributed by atoms with Crippen molar-refractivity contribution in [1.82, 2.24) is 24.9 Å². The van der Waals surface area contributed by atoms with E-state index in [0.29, 0.717) is 31.4 Å². The fourth-order valence-corrected chi connectivity index (χ4v) is 4.24. The molecule has 1 aliphatic heterocycles. The second kappa shape index (κ2) is 10.9. The Morgan fingerprint density at radius 3 is 2.83 bits per heavy atom. The number of guanidine groups is 1. The lowest BCUT2D eigenvalue weighted by Crippen LogP contribution is -2.46. The molecule has 0 bridgehead atoms. The molecule has 0 amide bonds. The zero-order valence-electron chi connectivity index (χ0n) is 16.9. The topological polar surface area (TPSA) is 104 Å². The predicted octanol–water partition coefficient (Wildman–Crippen LogP) is 0.899. The van der Waals surface area contributed by atoms with E-state index >= 15 is 0 Å². The summed E-state index contributed by atoms with van der Waals surface area (Å²) in [5.74, 6) is 0.591. The number of nitrogens with one attached hydrogen (secondary N) is 3. The van der Waals surface area contributed by atoms with Crippen LogP contribution in [-0.4, -0.2) is 63.2 Å². The largest absolute Gasteiger partial charge is 0.356 e. The molecule has 1 unspecified atom stereocenters. The molecule has 0 radical (unpaired) electrons. The summed E-state index contributed by atoms with van der Waals surface area (Å²) in [4.78, 5) is 10.4. The summed E-state index contributed by atoms with van der Waals surface area (Å²) in [5, 5.41) is 6.37. The van der Waals surface area contributed by atoms with E-state index in [0.717, 1.165) is 6.42 Å². The van der Waals surface area contributed by atoms with E-state index < -0.39 is 10.0 Å². The van der Waals surface area contributed by atoms with Crippen LogP contribution < -0.4 is 20.3 Å². The van der Waals surface area contributed by atoms with Gasteiger partial charge in [0, 0.05) is 64.9 Å². The Labute approximate surface area is 193 Å². The quantitative estimate of drug-likeness (QED) is 0.205. The smallest absolute Gasteiger partial charge is 0.242 e. The Balaban J connectivity index is 0.00000320. The normalized spacial score (nSPS) is 17.0. The second-order valence-electron chi connectivity index (χ2n) is 6.79. The molecule has 0 spiro atoms. The molecule has 1 aliphatic rings. The minimum atomic E-state index is -3.53. The first-order valence-electron chi connectivity index (χ1n) is 9.33. The van der Waals surface area contributed by atoms with Crippen molar-refractivity contribution in [2.75, 3.05) is 38.1 Å². The van der Waals surface area contributed by atoms with E-state index in [2.05, 4.69) is 25.3 Å². The van der Waals surface area contributed by atoms with Crippen molar-refractivity contribution in [3.8, 4) is 0 Å². The van der Waals surface area contributed by atoms with E-state index in [4.69, 9.17) is 0 Å². The highest BCUT2D eigenvalue weighted by atomic mass is 127. The molecule has 0 aliphatic carbocycles. The first-order chi connectivity index (χ1) is 13.9. The number of sulfonamides is 1. The molecule has 1 saturated heterocycles. The van der Waals surface area contributed by atoms with Crippen LogP contribution in [0.4, 0.5) is 10.2 Å². The van der Waals surface area contributed by atoms with Gasteiger partial charge in [-0.3, -0.25) is 4.99 Å². The summed E-state index contributed by atoms with van der Waals surface area (Å²) in [6.45, 7) is 1.89. The number of aromatic nitrogens is 2. The zero-order chi connectivity index (χ0) is 20.9. The lowest BCUT2D eigenvalue weighted by Gasteiger charge is -2.20. The number of pyridine rings is 1. The molecule has 2 aromatic rings. The van der Waals surface area contributed by atoms with Crippen LogP contribution in [0.15, 0.2) is 46.7 Å². The Morgan fingerprint density at radius 2 is 2.17 bits per heavy atom. The van der Waals surface area contributed by atoms with Crippen molar-refractivity contribution in [2.45, 2.75) is 17.4 Å². The fraction of sp³-hybridized carbons (Fsp3) is 0.444. The van der Waals surface area contributed by atoms with Crippen molar-refractivity contribution < 1.29 is 12.8 Å².